The van der Waals surface area contributed by atoms with Crippen LogP contribution in [-0.4, -0.2) is 70.5 Å². The normalized spacial score (nSPS) is 18.0. The van der Waals surface area contributed by atoms with Gasteiger partial charge >= 0.3 is 0 Å². The first-order chi connectivity index (χ1) is 20.7. The van der Waals surface area contributed by atoms with Crippen molar-refractivity contribution < 1.29 is 28.3 Å². The molecule has 1 aromatic carbocycles. The summed E-state index contributed by atoms with van der Waals surface area (Å²) in [5.74, 6) is -2.76. The third-order valence-corrected chi connectivity index (χ3v) is 8.77. The van der Waals surface area contributed by atoms with Gasteiger partial charge in [-0.05, 0) is 49.4 Å². The standard InChI is InChI=1S/C32H44FN5O5/c1-4-29(40)36-30(32(42)37-15-17-43-18-16-37)21(3)23-11-12-26(25(33)19-23)35-31(41)24(22-9-7-6-8-10-22)20-28(39)27-13-14-34-38(27)5-2/h11-14,19,21-22,24,30H,4-10,15-18,20H2,1-3H3,(H,35,41)(H,36,40)/t21-,24-,30+/m0/s1. The Morgan fingerprint density at radius 2 is 1.79 bits per heavy atom. The van der Waals surface area contributed by atoms with Crippen LogP contribution in [0.15, 0.2) is 30.5 Å². The van der Waals surface area contributed by atoms with Crippen LogP contribution in [0.3, 0.4) is 0 Å². The number of ketones is 1. The van der Waals surface area contributed by atoms with Gasteiger partial charge in [-0.25, -0.2) is 4.39 Å². The van der Waals surface area contributed by atoms with Crippen LogP contribution in [0.2, 0.25) is 0 Å². The van der Waals surface area contributed by atoms with Crippen molar-refractivity contribution in [2.45, 2.75) is 84.2 Å². The maximum Gasteiger partial charge on any atom is 0.245 e. The lowest BCUT2D eigenvalue weighted by molar-refractivity contribution is -0.140. The maximum absolute atomic E-state index is 15.5. The first-order valence-corrected chi connectivity index (χ1v) is 15.5. The molecular formula is C32H44FN5O5. The number of rotatable bonds is 12. The summed E-state index contributed by atoms with van der Waals surface area (Å²) in [6.45, 7) is 7.63. The van der Waals surface area contributed by atoms with Gasteiger partial charge in [-0.3, -0.25) is 23.9 Å². The fourth-order valence-corrected chi connectivity index (χ4v) is 6.13. The number of anilines is 1. The number of aromatic nitrogens is 2. The SMILES string of the molecule is CCC(=O)N[C@@H](C(=O)N1CCOCC1)[C@@H](C)c1ccc(NC(=O)[C@@H](CC(=O)c2ccnn2CC)C2CCCCC2)c(F)c1. The van der Waals surface area contributed by atoms with E-state index in [1.807, 2.05) is 6.92 Å². The first kappa shape index (κ1) is 32.3. The van der Waals surface area contributed by atoms with Crippen molar-refractivity contribution in [1.82, 2.24) is 20.0 Å². The molecule has 234 valence electrons. The number of halogens is 1. The zero-order valence-corrected chi connectivity index (χ0v) is 25.4. The van der Waals surface area contributed by atoms with Gasteiger partial charge in [0.25, 0.3) is 0 Å². The fraction of sp³-hybridized carbons (Fsp3) is 0.594. The van der Waals surface area contributed by atoms with E-state index < -0.39 is 23.7 Å². The Bertz CT molecular complexity index is 1280. The van der Waals surface area contributed by atoms with Gasteiger partial charge in [0.15, 0.2) is 5.78 Å². The van der Waals surface area contributed by atoms with Gasteiger partial charge in [-0.15, -0.1) is 0 Å². The molecule has 0 spiro atoms. The predicted octanol–water partition coefficient (Wildman–Crippen LogP) is 4.31. The molecule has 1 saturated carbocycles. The summed E-state index contributed by atoms with van der Waals surface area (Å²) in [6.07, 6.45) is 6.61. The van der Waals surface area contributed by atoms with Crippen molar-refractivity contribution in [2.75, 3.05) is 31.6 Å². The molecule has 0 bridgehead atoms. The van der Waals surface area contributed by atoms with E-state index in [0.717, 1.165) is 32.1 Å². The van der Waals surface area contributed by atoms with Gasteiger partial charge < -0.3 is 20.3 Å². The number of Topliss-reactive ketones (excluding diaryl/α,β-unsaturated/α-hetero) is 1. The molecule has 0 unspecified atom stereocenters. The Morgan fingerprint density at radius 3 is 2.44 bits per heavy atom. The van der Waals surface area contributed by atoms with Crippen LogP contribution < -0.4 is 10.6 Å². The number of carbonyl (C=O) groups excluding carboxylic acids is 4. The van der Waals surface area contributed by atoms with Crippen LogP contribution in [0.5, 0.6) is 0 Å². The summed E-state index contributed by atoms with van der Waals surface area (Å²) >= 11 is 0. The number of nitrogens with zero attached hydrogens (tertiary/aromatic N) is 3. The van der Waals surface area contributed by atoms with Crippen LogP contribution in [-0.2, 0) is 25.7 Å². The lowest BCUT2D eigenvalue weighted by Gasteiger charge is -2.33. The molecule has 2 aliphatic rings. The zero-order valence-electron chi connectivity index (χ0n) is 25.4. The number of nitrogens with one attached hydrogen (secondary N) is 2. The third-order valence-electron chi connectivity index (χ3n) is 8.77. The van der Waals surface area contributed by atoms with E-state index in [4.69, 9.17) is 4.74 Å². The number of benzene rings is 1. The largest absolute Gasteiger partial charge is 0.378 e. The summed E-state index contributed by atoms with van der Waals surface area (Å²) in [6, 6.07) is 5.26. The Morgan fingerprint density at radius 1 is 1.07 bits per heavy atom. The second-order valence-corrected chi connectivity index (χ2v) is 11.5. The molecule has 2 aromatic rings. The molecule has 0 radical (unpaired) electrons. The zero-order chi connectivity index (χ0) is 30.9. The molecular weight excluding hydrogens is 553 g/mol. The molecule has 3 amide bonds. The van der Waals surface area contributed by atoms with Gasteiger partial charge in [-0.1, -0.05) is 39.2 Å². The van der Waals surface area contributed by atoms with Crippen LogP contribution in [0, 0.1) is 17.7 Å². The third kappa shape index (κ3) is 8.07. The van der Waals surface area contributed by atoms with Gasteiger partial charge in [0.1, 0.15) is 17.6 Å². The summed E-state index contributed by atoms with van der Waals surface area (Å²) in [5.41, 5.74) is 1.00. The Balaban J connectivity index is 1.51. The Labute approximate surface area is 252 Å². The molecule has 1 aromatic heterocycles. The van der Waals surface area contributed by atoms with Crippen molar-refractivity contribution in [3.8, 4) is 0 Å². The van der Waals surface area contributed by atoms with E-state index >= 15 is 4.39 Å². The number of hydrogen-bond acceptors (Lipinski definition) is 6. The first-order valence-electron chi connectivity index (χ1n) is 15.5. The molecule has 43 heavy (non-hydrogen) atoms. The summed E-state index contributed by atoms with van der Waals surface area (Å²) in [7, 11) is 0. The highest BCUT2D eigenvalue weighted by Crippen LogP contribution is 2.34. The van der Waals surface area contributed by atoms with E-state index in [0.29, 0.717) is 44.1 Å². The van der Waals surface area contributed by atoms with Crippen LogP contribution >= 0.6 is 0 Å². The minimum absolute atomic E-state index is 0.0152. The van der Waals surface area contributed by atoms with Crippen molar-refractivity contribution in [2.24, 2.45) is 11.8 Å². The number of amides is 3. The predicted molar refractivity (Wildman–Crippen MR) is 160 cm³/mol. The summed E-state index contributed by atoms with van der Waals surface area (Å²) in [4.78, 5) is 54.2. The number of morpholine rings is 1. The fourth-order valence-electron chi connectivity index (χ4n) is 6.13. The average Bonchev–Trinajstić information content (AvgIpc) is 3.52. The smallest absolute Gasteiger partial charge is 0.245 e. The molecule has 11 heteroatoms. The molecule has 3 atom stereocenters. The average molecular weight is 598 g/mol. The highest BCUT2D eigenvalue weighted by Gasteiger charge is 2.34. The Kier molecular flexibility index (Phi) is 11.4. The lowest BCUT2D eigenvalue weighted by atomic mass is 9.77. The van der Waals surface area contributed by atoms with Gasteiger partial charge in [0.05, 0.1) is 18.9 Å². The molecule has 2 N–H and O–H groups in total. The van der Waals surface area contributed by atoms with Gasteiger partial charge in [0.2, 0.25) is 17.7 Å². The molecule has 4 rings (SSSR count). The number of aryl methyl sites for hydroxylation is 1. The van der Waals surface area contributed by atoms with Crippen molar-refractivity contribution in [3.05, 3.63) is 47.5 Å². The molecule has 10 nitrogen and oxygen atoms in total. The summed E-state index contributed by atoms with van der Waals surface area (Å²) in [5, 5.41) is 9.75. The van der Waals surface area contributed by atoms with E-state index in [-0.39, 0.29) is 48.0 Å². The van der Waals surface area contributed by atoms with Gasteiger partial charge in [0, 0.05) is 50.5 Å². The monoisotopic (exact) mass is 597 g/mol. The van der Waals surface area contributed by atoms with Crippen molar-refractivity contribution in [3.63, 3.8) is 0 Å². The highest BCUT2D eigenvalue weighted by atomic mass is 19.1. The van der Waals surface area contributed by atoms with Crippen LogP contribution in [0.1, 0.15) is 87.7 Å². The summed E-state index contributed by atoms with van der Waals surface area (Å²) < 4.78 is 22.5. The van der Waals surface area contributed by atoms with Crippen molar-refractivity contribution in [1.29, 1.82) is 0 Å². The van der Waals surface area contributed by atoms with Crippen LogP contribution in [0.4, 0.5) is 10.1 Å². The maximum atomic E-state index is 15.5. The Hall–Kier alpha value is -3.60. The van der Waals surface area contributed by atoms with E-state index in [9.17, 15) is 19.2 Å². The second-order valence-electron chi connectivity index (χ2n) is 11.5. The molecule has 1 aliphatic carbocycles. The minimum atomic E-state index is -0.872. The van der Waals surface area contributed by atoms with E-state index in [1.165, 1.54) is 12.1 Å². The van der Waals surface area contributed by atoms with Gasteiger partial charge in [-0.2, -0.15) is 5.10 Å². The second kappa shape index (κ2) is 15.2. The lowest BCUT2D eigenvalue weighted by Crippen LogP contribution is -2.53. The molecule has 2 fully saturated rings. The number of hydrogen-bond donors (Lipinski definition) is 2. The quantitative estimate of drug-likeness (QED) is 0.352. The number of ether oxygens (including phenoxy) is 1. The van der Waals surface area contributed by atoms with E-state index in [1.54, 1.807) is 41.8 Å². The highest BCUT2D eigenvalue weighted by molar-refractivity contribution is 6.00. The molecule has 1 aliphatic heterocycles. The van der Waals surface area contributed by atoms with E-state index in [2.05, 4.69) is 15.7 Å². The van der Waals surface area contributed by atoms with Crippen molar-refractivity contribution >= 4 is 29.2 Å². The molecule has 1 saturated heterocycles. The minimum Gasteiger partial charge on any atom is -0.378 e. The number of carbonyl (C=O) groups is 4. The van der Waals surface area contributed by atoms with Crippen LogP contribution in [0.25, 0.3) is 0 Å². The topological polar surface area (TPSA) is 123 Å². The molecule has 2 heterocycles.